The van der Waals surface area contributed by atoms with Crippen LogP contribution in [0.5, 0.6) is 0 Å². The third-order valence-electron chi connectivity index (χ3n) is 9.20. The highest BCUT2D eigenvalue weighted by atomic mass is 16.1. The molecule has 0 spiro atoms. The van der Waals surface area contributed by atoms with E-state index in [1.807, 2.05) is 42.7 Å². The summed E-state index contributed by atoms with van der Waals surface area (Å²) in [7, 11) is 0. The van der Waals surface area contributed by atoms with Gasteiger partial charge in [-0.3, -0.25) is 19.7 Å². The Balaban J connectivity index is 0.000000469. The number of rotatable bonds is 18. The highest BCUT2D eigenvalue weighted by Crippen LogP contribution is 2.21. The molecule has 0 bridgehead atoms. The third kappa shape index (κ3) is 12.6. The zero-order valence-electron chi connectivity index (χ0n) is 30.8. The lowest BCUT2D eigenvalue weighted by molar-refractivity contribution is 0.112. The zero-order valence-corrected chi connectivity index (χ0v) is 30.8. The van der Waals surface area contributed by atoms with Crippen LogP contribution in [0, 0.1) is 18.3 Å². The van der Waals surface area contributed by atoms with Gasteiger partial charge in [-0.2, -0.15) is 5.26 Å². The first-order chi connectivity index (χ1) is 26.0. The number of aryl methyl sites for hydroxylation is 1. The standard InChI is InChI=1S/C36H45N7.C8H5NO/c1-28-8-7-11-35-32(24-42-36(28)35)16-19-37-23-30-12-14-31(15-13-30)27-43(21-20-38-25-33-9-3-5-17-40-33)29(2)22-39-26-34-10-4-6-18-41-34;9-5-7-1-3-8(6-10)4-2-7/h3-15,17-18,24,29,37-39,42H,16,19-23,25-27H2,1-2H3;1-4,6H. The first kappa shape index (κ1) is 38.7. The summed E-state index contributed by atoms with van der Waals surface area (Å²) in [5.41, 5.74) is 9.88. The molecule has 6 aromatic rings. The SMILES string of the molecule is Cc1cccc2c(CCNCc3ccc(CN(CCNCc4ccccn4)C(C)CNCc4ccccn4)cc3)c[nH]c12.N#Cc1ccc(C=O)cc1. The van der Waals surface area contributed by atoms with Gasteiger partial charge < -0.3 is 20.9 Å². The predicted molar refractivity (Wildman–Crippen MR) is 213 cm³/mol. The van der Waals surface area contributed by atoms with Crippen LogP contribution in [0.3, 0.4) is 0 Å². The average Bonchev–Trinajstić information content (AvgIpc) is 3.63. The third-order valence-corrected chi connectivity index (χ3v) is 9.20. The average molecular weight is 707 g/mol. The van der Waals surface area contributed by atoms with Crippen molar-refractivity contribution in [2.75, 3.05) is 26.2 Å². The smallest absolute Gasteiger partial charge is 0.150 e. The minimum absolute atomic E-state index is 0.370. The van der Waals surface area contributed by atoms with Gasteiger partial charge in [0.05, 0.1) is 23.0 Å². The minimum atomic E-state index is 0.370. The van der Waals surface area contributed by atoms with Crippen LogP contribution >= 0.6 is 0 Å². The summed E-state index contributed by atoms with van der Waals surface area (Å²) in [5.74, 6) is 0. The second kappa shape index (κ2) is 21.1. The van der Waals surface area contributed by atoms with Gasteiger partial charge in [0.25, 0.3) is 0 Å². The first-order valence-corrected chi connectivity index (χ1v) is 18.3. The Hall–Kier alpha value is -5.50. The maximum absolute atomic E-state index is 10.1. The molecule has 0 radical (unpaired) electrons. The van der Waals surface area contributed by atoms with Crippen molar-refractivity contribution in [3.05, 3.63) is 166 Å². The Morgan fingerprint density at radius 3 is 2.13 bits per heavy atom. The van der Waals surface area contributed by atoms with Crippen LogP contribution in [0.25, 0.3) is 10.9 Å². The quantitative estimate of drug-likeness (QED) is 0.0573. The molecule has 9 heteroatoms. The largest absolute Gasteiger partial charge is 0.361 e. The minimum Gasteiger partial charge on any atom is -0.361 e. The van der Waals surface area contributed by atoms with Gasteiger partial charge in [0.2, 0.25) is 0 Å². The normalized spacial score (nSPS) is 11.5. The summed E-state index contributed by atoms with van der Waals surface area (Å²) in [6.07, 6.45) is 7.62. The van der Waals surface area contributed by atoms with Crippen molar-refractivity contribution in [1.29, 1.82) is 5.26 Å². The number of nitrogens with zero attached hydrogens (tertiary/aromatic N) is 4. The Morgan fingerprint density at radius 1 is 0.792 bits per heavy atom. The van der Waals surface area contributed by atoms with E-state index in [2.05, 4.69) is 110 Å². The van der Waals surface area contributed by atoms with E-state index < -0.39 is 0 Å². The summed E-state index contributed by atoms with van der Waals surface area (Å²) in [4.78, 5) is 25.0. The molecule has 272 valence electrons. The fourth-order valence-corrected chi connectivity index (χ4v) is 6.10. The van der Waals surface area contributed by atoms with E-state index in [0.717, 1.165) is 76.5 Å². The van der Waals surface area contributed by atoms with Crippen LogP contribution in [-0.2, 0) is 32.6 Å². The van der Waals surface area contributed by atoms with Crippen molar-refractivity contribution in [3.8, 4) is 6.07 Å². The summed E-state index contributed by atoms with van der Waals surface area (Å²) >= 11 is 0. The lowest BCUT2D eigenvalue weighted by Gasteiger charge is -2.30. The molecular formula is C44H50N8O. The summed E-state index contributed by atoms with van der Waals surface area (Å²) in [6.45, 7) is 11.5. The molecule has 0 aliphatic rings. The number of fused-ring (bicyclic) bond motifs is 1. The molecule has 1 atom stereocenters. The highest BCUT2D eigenvalue weighted by molar-refractivity contribution is 5.85. The van der Waals surface area contributed by atoms with Crippen molar-refractivity contribution >= 4 is 17.2 Å². The number of H-pyrrole nitrogens is 1. The van der Waals surface area contributed by atoms with Crippen LogP contribution < -0.4 is 16.0 Å². The van der Waals surface area contributed by atoms with E-state index in [1.165, 1.54) is 33.2 Å². The maximum Gasteiger partial charge on any atom is 0.150 e. The van der Waals surface area contributed by atoms with Crippen molar-refractivity contribution in [2.24, 2.45) is 0 Å². The second-order valence-electron chi connectivity index (χ2n) is 13.2. The molecule has 4 N–H and O–H groups in total. The Bertz CT molecular complexity index is 1990. The van der Waals surface area contributed by atoms with E-state index >= 15 is 0 Å². The summed E-state index contributed by atoms with van der Waals surface area (Å²) in [6, 6.07) is 36.5. The van der Waals surface area contributed by atoms with Crippen molar-refractivity contribution < 1.29 is 4.79 Å². The van der Waals surface area contributed by atoms with Gasteiger partial charge in [0.1, 0.15) is 6.29 Å². The molecule has 0 fully saturated rings. The number of carbonyl (C=O) groups excluding carboxylic acids is 1. The van der Waals surface area contributed by atoms with Crippen molar-refractivity contribution in [1.82, 2.24) is 35.8 Å². The molecule has 3 aromatic carbocycles. The number of nitriles is 1. The van der Waals surface area contributed by atoms with Gasteiger partial charge in [-0.05, 0) is 85.5 Å². The van der Waals surface area contributed by atoms with Crippen molar-refractivity contribution in [2.45, 2.75) is 52.5 Å². The Kier molecular flexibility index (Phi) is 15.4. The molecule has 53 heavy (non-hydrogen) atoms. The molecule has 0 aliphatic carbocycles. The number of para-hydroxylation sites is 1. The van der Waals surface area contributed by atoms with E-state index in [4.69, 9.17) is 5.26 Å². The fourth-order valence-electron chi connectivity index (χ4n) is 6.10. The predicted octanol–water partition coefficient (Wildman–Crippen LogP) is 6.74. The van der Waals surface area contributed by atoms with Gasteiger partial charge >= 0.3 is 0 Å². The number of aromatic amines is 1. The Labute approximate surface area is 313 Å². The number of pyridine rings is 2. The van der Waals surface area contributed by atoms with Crippen LogP contribution in [0.4, 0.5) is 0 Å². The molecule has 3 heterocycles. The lowest BCUT2D eigenvalue weighted by atomic mass is 10.1. The molecule has 1 unspecified atom stereocenters. The van der Waals surface area contributed by atoms with E-state index in [-0.39, 0.29) is 0 Å². The van der Waals surface area contributed by atoms with E-state index in [9.17, 15) is 4.79 Å². The highest BCUT2D eigenvalue weighted by Gasteiger charge is 2.14. The summed E-state index contributed by atoms with van der Waals surface area (Å²) < 4.78 is 0. The van der Waals surface area contributed by atoms with Gasteiger partial charge in [-0.15, -0.1) is 0 Å². The van der Waals surface area contributed by atoms with E-state index in [0.29, 0.717) is 17.2 Å². The first-order valence-electron chi connectivity index (χ1n) is 18.3. The molecule has 0 saturated heterocycles. The lowest BCUT2D eigenvalue weighted by Crippen LogP contribution is -2.43. The van der Waals surface area contributed by atoms with Crippen LogP contribution in [0.15, 0.2) is 122 Å². The van der Waals surface area contributed by atoms with Gasteiger partial charge in [0, 0.05) is 86.9 Å². The number of hydrogen-bond acceptors (Lipinski definition) is 8. The summed E-state index contributed by atoms with van der Waals surface area (Å²) in [5, 5.41) is 20.5. The molecule has 0 saturated carbocycles. The maximum atomic E-state index is 10.1. The zero-order chi connectivity index (χ0) is 37.1. The molecule has 3 aromatic heterocycles. The number of aromatic nitrogens is 3. The molecule has 0 amide bonds. The fraction of sp³-hybridized carbons (Fsp3) is 0.273. The van der Waals surface area contributed by atoms with Gasteiger partial charge in [-0.1, -0.05) is 66.7 Å². The van der Waals surface area contributed by atoms with Gasteiger partial charge in [-0.25, -0.2) is 0 Å². The number of aldehydes is 1. The molecular weight excluding hydrogens is 657 g/mol. The number of hydrogen-bond donors (Lipinski definition) is 4. The Morgan fingerprint density at radius 2 is 1.47 bits per heavy atom. The molecule has 0 aliphatic heterocycles. The number of nitrogens with one attached hydrogen (secondary N) is 4. The molecule has 9 nitrogen and oxygen atoms in total. The second-order valence-corrected chi connectivity index (χ2v) is 13.2. The van der Waals surface area contributed by atoms with E-state index in [1.54, 1.807) is 24.3 Å². The topological polar surface area (TPSA) is 122 Å². The number of carbonyl (C=O) groups is 1. The van der Waals surface area contributed by atoms with Crippen LogP contribution in [0.1, 0.15) is 56.5 Å². The molecule has 6 rings (SSSR count). The van der Waals surface area contributed by atoms with Crippen molar-refractivity contribution in [3.63, 3.8) is 0 Å². The monoisotopic (exact) mass is 706 g/mol. The van der Waals surface area contributed by atoms with Gasteiger partial charge in [0.15, 0.2) is 0 Å². The number of benzene rings is 3. The van der Waals surface area contributed by atoms with Crippen LogP contribution in [-0.4, -0.2) is 58.4 Å². The van der Waals surface area contributed by atoms with Crippen LogP contribution in [0.2, 0.25) is 0 Å².